The predicted octanol–water partition coefficient (Wildman–Crippen LogP) is 2.13. The first-order chi connectivity index (χ1) is 13.6. The molecule has 2 aromatic rings. The van der Waals surface area contributed by atoms with E-state index in [1.165, 1.54) is 29.2 Å². The summed E-state index contributed by atoms with van der Waals surface area (Å²) in [6.45, 7) is 1.57. The molecule has 0 bridgehead atoms. The maximum absolute atomic E-state index is 13.3. The van der Waals surface area contributed by atoms with Crippen LogP contribution in [0, 0.1) is 16.0 Å². The van der Waals surface area contributed by atoms with Crippen LogP contribution in [0.4, 0.5) is 11.4 Å². The Balaban J connectivity index is 1.54. The van der Waals surface area contributed by atoms with Crippen molar-refractivity contribution in [2.24, 2.45) is 5.92 Å². The molecule has 8 nitrogen and oxygen atoms in total. The first-order valence-electron chi connectivity index (χ1n) is 9.28. The molecule has 0 unspecified atom stereocenters. The third-order valence-corrected chi connectivity index (χ3v) is 5.87. The van der Waals surface area contributed by atoms with Gasteiger partial charge in [-0.05, 0) is 24.1 Å². The maximum Gasteiger partial charge on any atom is 0.269 e. The fourth-order valence-corrected chi connectivity index (χ4v) is 4.74. The zero-order valence-electron chi connectivity index (χ0n) is 15.0. The second-order valence-corrected chi connectivity index (χ2v) is 7.29. The highest BCUT2D eigenvalue weighted by molar-refractivity contribution is 6.24. The quantitative estimate of drug-likeness (QED) is 0.462. The standard InChI is InChI=1S/C20H18N4O4/c25-19-16-17(13-5-2-1-3-6-13)21-11-4-12-22(21)18(16)20(26)23(19)14-7-9-15(10-8-14)24(27)28/h1-3,5-10,16-18H,4,11-12H2/t16-,17-,18+/m0/s1. The van der Waals surface area contributed by atoms with Gasteiger partial charge in [-0.25, -0.2) is 14.9 Å². The molecule has 0 saturated carbocycles. The van der Waals surface area contributed by atoms with Crippen LogP contribution in [0.15, 0.2) is 54.6 Å². The number of hydrogen-bond acceptors (Lipinski definition) is 6. The molecule has 0 N–H and O–H groups in total. The summed E-state index contributed by atoms with van der Waals surface area (Å²) in [6, 6.07) is 14.7. The molecule has 8 heteroatoms. The highest BCUT2D eigenvalue weighted by Crippen LogP contribution is 2.48. The highest BCUT2D eigenvalue weighted by atomic mass is 16.6. The minimum Gasteiger partial charge on any atom is -0.274 e. The number of carbonyl (C=O) groups excluding carboxylic acids is 2. The number of hydrazine groups is 1. The van der Waals surface area contributed by atoms with Gasteiger partial charge in [0.2, 0.25) is 5.91 Å². The van der Waals surface area contributed by atoms with Crippen LogP contribution < -0.4 is 4.90 Å². The van der Waals surface area contributed by atoms with Crippen molar-refractivity contribution in [2.75, 3.05) is 18.0 Å². The number of imide groups is 1. The number of nitro benzene ring substituents is 1. The normalized spacial score (nSPS) is 27.3. The number of benzene rings is 2. The van der Waals surface area contributed by atoms with Gasteiger partial charge in [-0.15, -0.1) is 0 Å². The molecule has 2 amide bonds. The SMILES string of the molecule is O=C1[C@@H]2[C@H](C(=O)N1c1ccc([N+](=O)[O-])cc1)N1CCCN1[C@H]2c1ccccc1. The minimum absolute atomic E-state index is 0.0732. The molecule has 2 aromatic carbocycles. The number of anilines is 1. The van der Waals surface area contributed by atoms with Crippen LogP contribution in [0.1, 0.15) is 18.0 Å². The molecule has 3 fully saturated rings. The highest BCUT2D eigenvalue weighted by Gasteiger charge is 2.62. The number of amides is 2. The van der Waals surface area contributed by atoms with E-state index >= 15 is 0 Å². The van der Waals surface area contributed by atoms with Crippen LogP contribution in [-0.2, 0) is 9.59 Å². The Kier molecular flexibility index (Phi) is 3.78. The lowest BCUT2D eigenvalue weighted by molar-refractivity contribution is -0.384. The lowest BCUT2D eigenvalue weighted by Crippen LogP contribution is -2.44. The van der Waals surface area contributed by atoms with Crippen molar-refractivity contribution < 1.29 is 14.5 Å². The van der Waals surface area contributed by atoms with Crippen LogP contribution in [0.3, 0.4) is 0 Å². The van der Waals surface area contributed by atoms with Gasteiger partial charge in [0.25, 0.3) is 11.6 Å². The van der Waals surface area contributed by atoms with Crippen LogP contribution >= 0.6 is 0 Å². The summed E-state index contributed by atoms with van der Waals surface area (Å²) in [5.74, 6) is -0.980. The van der Waals surface area contributed by atoms with E-state index < -0.39 is 16.9 Å². The Morgan fingerprint density at radius 3 is 2.14 bits per heavy atom. The van der Waals surface area contributed by atoms with Crippen molar-refractivity contribution in [1.82, 2.24) is 10.0 Å². The van der Waals surface area contributed by atoms with Gasteiger partial charge in [-0.2, -0.15) is 0 Å². The number of nitro groups is 1. The van der Waals surface area contributed by atoms with E-state index in [0.717, 1.165) is 25.1 Å². The molecular formula is C20H18N4O4. The summed E-state index contributed by atoms with van der Waals surface area (Å²) in [7, 11) is 0. The second-order valence-electron chi connectivity index (χ2n) is 7.29. The van der Waals surface area contributed by atoms with Crippen molar-refractivity contribution in [2.45, 2.75) is 18.5 Å². The molecule has 3 aliphatic rings. The van der Waals surface area contributed by atoms with Crippen LogP contribution in [0.5, 0.6) is 0 Å². The first-order valence-corrected chi connectivity index (χ1v) is 9.28. The maximum atomic E-state index is 13.3. The summed E-state index contributed by atoms with van der Waals surface area (Å²) < 4.78 is 0. The van der Waals surface area contributed by atoms with Gasteiger partial charge in [0.15, 0.2) is 0 Å². The molecule has 0 spiro atoms. The van der Waals surface area contributed by atoms with Crippen molar-refractivity contribution in [3.05, 3.63) is 70.3 Å². The average molecular weight is 378 g/mol. The summed E-state index contributed by atoms with van der Waals surface area (Å²) in [4.78, 5) is 38.2. The van der Waals surface area contributed by atoms with Gasteiger partial charge in [-0.3, -0.25) is 19.7 Å². The molecule has 0 aromatic heterocycles. The summed E-state index contributed by atoms with van der Waals surface area (Å²) >= 11 is 0. The largest absolute Gasteiger partial charge is 0.274 e. The lowest BCUT2D eigenvalue weighted by Gasteiger charge is -2.29. The van der Waals surface area contributed by atoms with Gasteiger partial charge in [0.1, 0.15) is 6.04 Å². The molecule has 3 aliphatic heterocycles. The summed E-state index contributed by atoms with van der Waals surface area (Å²) in [6.07, 6.45) is 0.950. The monoisotopic (exact) mass is 378 g/mol. The molecular weight excluding hydrogens is 360 g/mol. The van der Waals surface area contributed by atoms with Gasteiger partial charge >= 0.3 is 0 Å². The van der Waals surface area contributed by atoms with Gasteiger partial charge in [0, 0.05) is 25.2 Å². The van der Waals surface area contributed by atoms with Gasteiger partial charge < -0.3 is 0 Å². The molecule has 3 saturated heterocycles. The zero-order valence-corrected chi connectivity index (χ0v) is 15.0. The zero-order chi connectivity index (χ0) is 19.4. The Hall–Kier alpha value is -3.10. The van der Waals surface area contributed by atoms with Crippen molar-refractivity contribution in [1.29, 1.82) is 0 Å². The second kappa shape index (κ2) is 6.22. The molecule has 3 atom stereocenters. The fraction of sp³-hybridized carbons (Fsp3) is 0.300. The lowest BCUT2D eigenvalue weighted by atomic mass is 9.90. The molecule has 0 aliphatic carbocycles. The smallest absolute Gasteiger partial charge is 0.269 e. The number of nitrogens with zero attached hydrogens (tertiary/aromatic N) is 4. The molecule has 28 heavy (non-hydrogen) atoms. The molecule has 0 radical (unpaired) electrons. The number of fused-ring (bicyclic) bond motifs is 3. The Bertz CT molecular complexity index is 962. The number of carbonyl (C=O) groups is 2. The van der Waals surface area contributed by atoms with E-state index in [4.69, 9.17) is 0 Å². The van der Waals surface area contributed by atoms with Crippen LogP contribution in [0.2, 0.25) is 0 Å². The third-order valence-electron chi connectivity index (χ3n) is 5.87. The van der Waals surface area contributed by atoms with Crippen LogP contribution in [0.25, 0.3) is 0 Å². The molecule has 142 valence electrons. The van der Waals surface area contributed by atoms with E-state index in [9.17, 15) is 19.7 Å². The summed E-state index contributed by atoms with van der Waals surface area (Å²) in [5.41, 5.74) is 1.33. The number of rotatable bonds is 3. The van der Waals surface area contributed by atoms with E-state index in [2.05, 4.69) is 5.01 Å². The van der Waals surface area contributed by atoms with Gasteiger partial charge in [-0.1, -0.05) is 30.3 Å². The number of non-ortho nitro benzene ring substituents is 1. The topological polar surface area (TPSA) is 87.0 Å². The first kappa shape index (κ1) is 17.0. The molecule has 3 heterocycles. The Morgan fingerprint density at radius 2 is 1.50 bits per heavy atom. The van der Waals surface area contributed by atoms with Crippen LogP contribution in [-0.4, -0.2) is 45.9 Å². The minimum atomic E-state index is -0.518. The van der Waals surface area contributed by atoms with Crippen molar-refractivity contribution in [3.63, 3.8) is 0 Å². The van der Waals surface area contributed by atoms with Crippen molar-refractivity contribution >= 4 is 23.2 Å². The van der Waals surface area contributed by atoms with E-state index in [1.54, 1.807) is 0 Å². The third kappa shape index (κ3) is 2.31. The average Bonchev–Trinajstić information content (AvgIpc) is 3.35. The fourth-order valence-electron chi connectivity index (χ4n) is 4.74. The van der Waals surface area contributed by atoms with E-state index in [1.807, 2.05) is 35.3 Å². The van der Waals surface area contributed by atoms with E-state index in [-0.39, 0.29) is 23.5 Å². The summed E-state index contributed by atoms with van der Waals surface area (Å²) in [5, 5.41) is 15.1. The Morgan fingerprint density at radius 1 is 0.857 bits per heavy atom. The van der Waals surface area contributed by atoms with Crippen molar-refractivity contribution in [3.8, 4) is 0 Å². The molecule has 5 rings (SSSR count). The van der Waals surface area contributed by atoms with E-state index in [0.29, 0.717) is 5.69 Å². The van der Waals surface area contributed by atoms with Gasteiger partial charge in [0.05, 0.1) is 22.6 Å². The number of hydrogen-bond donors (Lipinski definition) is 0. The Labute approximate surface area is 161 Å². The predicted molar refractivity (Wildman–Crippen MR) is 100 cm³/mol.